The van der Waals surface area contributed by atoms with Crippen molar-refractivity contribution in [2.75, 3.05) is 0 Å². The molecule has 0 saturated carbocycles. The Morgan fingerprint density at radius 2 is 1.61 bits per heavy atom. The Balaban J connectivity index is 2.44. The van der Waals surface area contributed by atoms with Crippen LogP contribution in [0.3, 0.4) is 0 Å². The topological polar surface area (TPSA) is 22.0 Å². The van der Waals surface area contributed by atoms with Gasteiger partial charge in [-0.1, -0.05) is 30.3 Å². The van der Waals surface area contributed by atoms with Crippen molar-refractivity contribution in [3.05, 3.63) is 66.1 Å². The van der Waals surface area contributed by atoms with Crippen LogP contribution in [0.2, 0.25) is 0 Å². The average Bonchev–Trinajstić information content (AvgIpc) is 2.73. The average molecular weight is 239 g/mol. The van der Waals surface area contributed by atoms with Crippen LogP contribution in [-0.2, 0) is 0 Å². The summed E-state index contributed by atoms with van der Waals surface area (Å²) >= 11 is 0. The van der Waals surface area contributed by atoms with Crippen LogP contribution in [0.5, 0.6) is 0 Å². The summed E-state index contributed by atoms with van der Waals surface area (Å²) in [6.07, 6.45) is 0.558. The van der Waals surface area contributed by atoms with Crippen molar-refractivity contribution in [1.29, 1.82) is 0 Å². The number of hydrogen-bond acceptors (Lipinski definition) is 1. The fraction of sp³-hybridized carbons (Fsp3) is 0. The number of carbonyl (C=O) groups is 1. The Morgan fingerprint density at radius 1 is 0.944 bits per heavy atom. The lowest BCUT2D eigenvalue weighted by Gasteiger charge is -2.06. The van der Waals surface area contributed by atoms with E-state index in [0.717, 1.165) is 5.69 Å². The molecule has 0 radical (unpaired) electrons. The zero-order valence-electron chi connectivity index (χ0n) is 9.51. The monoisotopic (exact) mass is 239 g/mol. The highest BCUT2D eigenvalue weighted by Gasteiger charge is 2.16. The minimum Gasteiger partial charge on any atom is -0.304 e. The summed E-state index contributed by atoms with van der Waals surface area (Å²) in [7, 11) is 0. The van der Waals surface area contributed by atoms with Crippen LogP contribution in [0.25, 0.3) is 16.6 Å². The van der Waals surface area contributed by atoms with E-state index in [1.807, 2.05) is 36.4 Å². The van der Waals surface area contributed by atoms with Crippen LogP contribution < -0.4 is 0 Å². The summed E-state index contributed by atoms with van der Waals surface area (Å²) in [6.45, 7) is 0. The first kappa shape index (κ1) is 10.7. The second-order valence-electron chi connectivity index (χ2n) is 4.01. The number of hydrogen-bond donors (Lipinski definition) is 0. The molecule has 3 aromatic rings. The van der Waals surface area contributed by atoms with Gasteiger partial charge in [-0.3, -0.25) is 4.79 Å². The van der Waals surface area contributed by atoms with Crippen molar-refractivity contribution in [3.8, 4) is 5.69 Å². The van der Waals surface area contributed by atoms with Gasteiger partial charge in [0, 0.05) is 11.1 Å². The second kappa shape index (κ2) is 4.11. The molecule has 0 unspecified atom stereocenters. The first-order valence-corrected chi connectivity index (χ1v) is 5.62. The van der Waals surface area contributed by atoms with Crippen LogP contribution in [0, 0.1) is 5.82 Å². The van der Waals surface area contributed by atoms with Crippen molar-refractivity contribution in [2.24, 2.45) is 0 Å². The van der Waals surface area contributed by atoms with Gasteiger partial charge in [-0.2, -0.15) is 0 Å². The fourth-order valence-electron chi connectivity index (χ4n) is 2.18. The van der Waals surface area contributed by atoms with Crippen LogP contribution in [0.1, 0.15) is 10.5 Å². The maximum absolute atomic E-state index is 14.1. The predicted molar refractivity (Wildman–Crippen MR) is 68.6 cm³/mol. The number of rotatable bonds is 2. The van der Waals surface area contributed by atoms with E-state index in [1.165, 1.54) is 0 Å². The molecular formula is C15H10FNO. The lowest BCUT2D eigenvalue weighted by Crippen LogP contribution is -1.99. The Kier molecular flexibility index (Phi) is 2.45. The highest BCUT2D eigenvalue weighted by Crippen LogP contribution is 2.27. The third kappa shape index (κ3) is 1.44. The summed E-state index contributed by atoms with van der Waals surface area (Å²) < 4.78 is 15.8. The zero-order valence-corrected chi connectivity index (χ0v) is 9.51. The molecule has 0 atom stereocenters. The summed E-state index contributed by atoms with van der Waals surface area (Å²) in [5, 5.41) is 0.462. The van der Waals surface area contributed by atoms with Gasteiger partial charge >= 0.3 is 0 Å². The fourth-order valence-corrected chi connectivity index (χ4v) is 2.18. The molecular weight excluding hydrogens is 229 g/mol. The minimum atomic E-state index is -0.468. The Bertz CT molecular complexity index is 716. The van der Waals surface area contributed by atoms with Crippen molar-refractivity contribution in [2.45, 2.75) is 0 Å². The molecule has 0 amide bonds. The van der Waals surface area contributed by atoms with E-state index in [1.54, 1.807) is 22.8 Å². The van der Waals surface area contributed by atoms with Crippen molar-refractivity contribution in [3.63, 3.8) is 0 Å². The number of nitrogens with zero attached hydrogens (tertiary/aromatic N) is 1. The van der Waals surface area contributed by atoms with Gasteiger partial charge < -0.3 is 4.57 Å². The standard InChI is InChI=1S/C15H10FNO/c16-15-12-8-4-5-9-13(12)17(14(15)10-18)11-6-2-1-3-7-11/h1-10H. The quantitative estimate of drug-likeness (QED) is 0.626. The van der Waals surface area contributed by atoms with E-state index >= 15 is 0 Å². The Labute approximate surface area is 103 Å². The Morgan fingerprint density at radius 3 is 2.33 bits per heavy atom. The molecule has 0 spiro atoms. The molecule has 3 heteroatoms. The van der Waals surface area contributed by atoms with Gasteiger partial charge in [0.2, 0.25) is 0 Å². The van der Waals surface area contributed by atoms with Gasteiger partial charge in [-0.25, -0.2) is 4.39 Å². The van der Waals surface area contributed by atoms with E-state index in [2.05, 4.69) is 0 Å². The van der Waals surface area contributed by atoms with Gasteiger partial charge in [0.05, 0.1) is 5.52 Å². The molecule has 0 fully saturated rings. The third-order valence-corrected chi connectivity index (χ3v) is 2.97. The molecule has 0 bridgehead atoms. The maximum Gasteiger partial charge on any atom is 0.169 e. The van der Waals surface area contributed by atoms with Gasteiger partial charge in [-0.05, 0) is 24.3 Å². The van der Waals surface area contributed by atoms with Crippen molar-refractivity contribution >= 4 is 17.2 Å². The van der Waals surface area contributed by atoms with Gasteiger partial charge in [0.15, 0.2) is 12.1 Å². The normalized spacial score (nSPS) is 10.7. The summed E-state index contributed by atoms with van der Waals surface area (Å²) in [4.78, 5) is 11.1. The molecule has 0 N–H and O–H groups in total. The summed E-state index contributed by atoms with van der Waals surface area (Å²) in [6, 6.07) is 16.4. The molecule has 1 heterocycles. The lowest BCUT2D eigenvalue weighted by molar-refractivity contribution is 0.111. The molecule has 18 heavy (non-hydrogen) atoms. The maximum atomic E-state index is 14.1. The number of benzene rings is 2. The smallest absolute Gasteiger partial charge is 0.169 e. The molecule has 1 aromatic heterocycles. The van der Waals surface area contributed by atoms with Gasteiger partial charge in [0.1, 0.15) is 5.69 Å². The highest BCUT2D eigenvalue weighted by molar-refractivity contribution is 5.91. The largest absolute Gasteiger partial charge is 0.304 e. The number of aromatic nitrogens is 1. The molecule has 88 valence electrons. The van der Waals surface area contributed by atoms with Crippen LogP contribution in [0.15, 0.2) is 54.6 Å². The lowest BCUT2D eigenvalue weighted by atomic mass is 10.2. The van der Waals surface area contributed by atoms with Crippen molar-refractivity contribution in [1.82, 2.24) is 4.57 Å². The first-order chi connectivity index (χ1) is 8.83. The van der Waals surface area contributed by atoms with E-state index in [4.69, 9.17) is 0 Å². The number of fused-ring (bicyclic) bond motifs is 1. The number of para-hydroxylation sites is 2. The molecule has 0 saturated heterocycles. The summed E-state index contributed by atoms with van der Waals surface area (Å²) in [5.41, 5.74) is 1.53. The van der Waals surface area contributed by atoms with Crippen LogP contribution in [-0.4, -0.2) is 10.9 Å². The summed E-state index contributed by atoms with van der Waals surface area (Å²) in [5.74, 6) is -0.468. The minimum absolute atomic E-state index is 0.0578. The predicted octanol–water partition coefficient (Wildman–Crippen LogP) is 3.58. The van der Waals surface area contributed by atoms with Crippen LogP contribution in [0.4, 0.5) is 4.39 Å². The first-order valence-electron chi connectivity index (χ1n) is 5.62. The van der Waals surface area contributed by atoms with Gasteiger partial charge in [-0.15, -0.1) is 0 Å². The van der Waals surface area contributed by atoms with E-state index in [9.17, 15) is 9.18 Å². The molecule has 2 aromatic carbocycles. The number of aldehydes is 1. The zero-order chi connectivity index (χ0) is 12.5. The molecule has 0 aliphatic rings. The number of carbonyl (C=O) groups excluding carboxylic acids is 1. The Hall–Kier alpha value is -2.42. The third-order valence-electron chi connectivity index (χ3n) is 2.97. The molecule has 0 aliphatic heterocycles. The van der Waals surface area contributed by atoms with E-state index < -0.39 is 5.82 Å². The van der Waals surface area contributed by atoms with E-state index in [-0.39, 0.29) is 5.69 Å². The SMILES string of the molecule is O=Cc1c(F)c2ccccc2n1-c1ccccc1. The number of halogens is 1. The van der Waals surface area contributed by atoms with Crippen LogP contribution >= 0.6 is 0 Å². The molecule has 3 rings (SSSR count). The van der Waals surface area contributed by atoms with Crippen molar-refractivity contribution < 1.29 is 9.18 Å². The highest BCUT2D eigenvalue weighted by atomic mass is 19.1. The van der Waals surface area contributed by atoms with E-state index in [0.29, 0.717) is 17.2 Å². The molecule has 2 nitrogen and oxygen atoms in total. The van der Waals surface area contributed by atoms with Gasteiger partial charge in [0.25, 0.3) is 0 Å². The molecule has 0 aliphatic carbocycles. The second-order valence-corrected chi connectivity index (χ2v) is 4.01.